The van der Waals surface area contributed by atoms with E-state index in [4.69, 9.17) is 9.47 Å². The van der Waals surface area contributed by atoms with Gasteiger partial charge in [-0.3, -0.25) is 9.59 Å². The first-order valence-corrected chi connectivity index (χ1v) is 10.9. The highest BCUT2D eigenvalue weighted by atomic mass is 16.5. The van der Waals surface area contributed by atoms with Gasteiger partial charge in [0.25, 0.3) is 5.91 Å². The fraction of sp³-hybridized carbons (Fsp3) is 0.222. The Labute approximate surface area is 199 Å². The summed E-state index contributed by atoms with van der Waals surface area (Å²) in [5.74, 6) is -0.610. The lowest BCUT2D eigenvalue weighted by Crippen LogP contribution is -2.22. The van der Waals surface area contributed by atoms with Crippen LogP contribution in [-0.4, -0.2) is 31.5 Å². The van der Waals surface area contributed by atoms with Crippen LogP contribution < -0.4 is 15.4 Å². The number of anilines is 2. The number of hydrogen-bond acceptors (Lipinski definition) is 5. The minimum absolute atomic E-state index is 0.181. The molecule has 0 bridgehead atoms. The second-order valence-corrected chi connectivity index (χ2v) is 7.83. The van der Waals surface area contributed by atoms with Crippen LogP contribution in [0.3, 0.4) is 0 Å². The van der Waals surface area contributed by atoms with Crippen molar-refractivity contribution in [2.24, 2.45) is 0 Å². The van der Waals surface area contributed by atoms with Crippen molar-refractivity contribution in [2.45, 2.75) is 26.7 Å². The van der Waals surface area contributed by atoms with Gasteiger partial charge in [-0.1, -0.05) is 42.5 Å². The van der Waals surface area contributed by atoms with E-state index < -0.39 is 18.5 Å². The fourth-order valence-electron chi connectivity index (χ4n) is 3.43. The van der Waals surface area contributed by atoms with Crippen LogP contribution in [0.25, 0.3) is 0 Å². The van der Waals surface area contributed by atoms with Crippen LogP contribution in [-0.2, 0) is 20.7 Å². The third kappa shape index (κ3) is 6.68. The predicted molar refractivity (Wildman–Crippen MR) is 131 cm³/mol. The highest BCUT2D eigenvalue weighted by Gasteiger charge is 2.16. The highest BCUT2D eigenvalue weighted by molar-refractivity contribution is 6.02. The molecule has 0 radical (unpaired) electrons. The lowest BCUT2D eigenvalue weighted by atomic mass is 10.1. The average molecular weight is 461 g/mol. The number of aryl methyl sites for hydroxylation is 3. The first-order valence-electron chi connectivity index (χ1n) is 10.9. The summed E-state index contributed by atoms with van der Waals surface area (Å²) in [6.07, 6.45) is 0.787. The van der Waals surface area contributed by atoms with E-state index in [1.807, 2.05) is 56.3 Å². The first kappa shape index (κ1) is 24.5. The molecule has 0 unspecified atom stereocenters. The van der Waals surface area contributed by atoms with Crippen molar-refractivity contribution in [1.82, 2.24) is 0 Å². The lowest BCUT2D eigenvalue weighted by Gasteiger charge is -2.13. The number of methoxy groups -OCH3 is 1. The summed E-state index contributed by atoms with van der Waals surface area (Å²) in [4.78, 5) is 37.4. The number of nitrogens with one attached hydrogen (secondary N) is 2. The lowest BCUT2D eigenvalue weighted by molar-refractivity contribution is -0.119. The average Bonchev–Trinajstić information content (AvgIpc) is 2.84. The number of para-hydroxylation sites is 2. The van der Waals surface area contributed by atoms with E-state index in [-0.39, 0.29) is 17.9 Å². The molecule has 0 saturated heterocycles. The summed E-state index contributed by atoms with van der Waals surface area (Å²) in [5, 5.41) is 5.54. The Balaban J connectivity index is 1.55. The van der Waals surface area contributed by atoms with Gasteiger partial charge in [-0.2, -0.15) is 0 Å². The molecule has 7 nitrogen and oxygen atoms in total. The molecule has 176 valence electrons. The number of rotatable bonds is 9. The number of ether oxygens (including phenoxy) is 2. The van der Waals surface area contributed by atoms with Crippen molar-refractivity contribution in [3.05, 3.63) is 89.0 Å². The molecule has 34 heavy (non-hydrogen) atoms. The molecule has 0 fully saturated rings. The molecule has 0 saturated carbocycles. The second-order valence-electron chi connectivity index (χ2n) is 7.83. The molecule has 3 aromatic carbocycles. The van der Waals surface area contributed by atoms with Crippen molar-refractivity contribution >= 4 is 29.2 Å². The van der Waals surface area contributed by atoms with Gasteiger partial charge in [0.05, 0.1) is 18.4 Å². The van der Waals surface area contributed by atoms with Gasteiger partial charge >= 0.3 is 5.97 Å². The summed E-state index contributed by atoms with van der Waals surface area (Å²) >= 11 is 0. The van der Waals surface area contributed by atoms with Gasteiger partial charge in [0.2, 0.25) is 5.91 Å². The Bertz CT molecular complexity index is 1150. The monoisotopic (exact) mass is 460 g/mol. The Morgan fingerprint density at radius 3 is 2.15 bits per heavy atom. The summed E-state index contributed by atoms with van der Waals surface area (Å²) in [6, 6.07) is 19.7. The summed E-state index contributed by atoms with van der Waals surface area (Å²) in [6.45, 7) is 3.34. The zero-order valence-corrected chi connectivity index (χ0v) is 19.5. The number of carbonyl (C=O) groups excluding carboxylic acids is 3. The van der Waals surface area contributed by atoms with Crippen molar-refractivity contribution in [3.63, 3.8) is 0 Å². The molecule has 3 rings (SSSR count). The molecule has 0 atom stereocenters. The molecular formula is C27H28N2O5. The third-order valence-corrected chi connectivity index (χ3v) is 5.30. The molecule has 0 spiro atoms. The Morgan fingerprint density at radius 1 is 0.794 bits per heavy atom. The first-order chi connectivity index (χ1) is 16.4. The van der Waals surface area contributed by atoms with Crippen molar-refractivity contribution in [2.75, 3.05) is 24.4 Å². The van der Waals surface area contributed by atoms with Crippen LogP contribution >= 0.6 is 0 Å². The SMILES string of the molecule is COc1ccc(CCC(=O)Nc2ccccc2C(=O)OCC(=O)Nc2c(C)cccc2C)cc1. The zero-order valence-electron chi connectivity index (χ0n) is 19.5. The van der Waals surface area contributed by atoms with Gasteiger partial charge in [-0.15, -0.1) is 0 Å². The minimum atomic E-state index is -0.692. The van der Waals surface area contributed by atoms with Crippen LogP contribution in [0.4, 0.5) is 11.4 Å². The maximum Gasteiger partial charge on any atom is 0.340 e. The molecule has 2 N–H and O–H groups in total. The van der Waals surface area contributed by atoms with E-state index in [2.05, 4.69) is 10.6 Å². The standard InChI is InChI=1S/C27H28N2O5/c1-18-7-6-8-19(2)26(18)29-25(31)17-34-27(32)22-9-4-5-10-23(22)28-24(30)16-13-20-11-14-21(33-3)15-12-20/h4-12,14-15H,13,16-17H2,1-3H3,(H,28,30)(H,29,31). The van der Waals surface area contributed by atoms with Gasteiger partial charge in [-0.25, -0.2) is 4.79 Å². The number of benzene rings is 3. The molecule has 0 aliphatic heterocycles. The second kappa shape index (κ2) is 11.7. The minimum Gasteiger partial charge on any atom is -0.497 e. The fourth-order valence-corrected chi connectivity index (χ4v) is 3.43. The van der Waals surface area contributed by atoms with Gasteiger partial charge in [0.15, 0.2) is 6.61 Å². The zero-order chi connectivity index (χ0) is 24.5. The Hall–Kier alpha value is -4.13. The van der Waals surface area contributed by atoms with Crippen LogP contribution in [0.1, 0.15) is 33.5 Å². The van der Waals surface area contributed by atoms with Crippen molar-refractivity contribution < 1.29 is 23.9 Å². The molecule has 0 aliphatic carbocycles. The van der Waals surface area contributed by atoms with Gasteiger partial charge < -0.3 is 20.1 Å². The normalized spacial score (nSPS) is 10.3. The molecule has 0 heterocycles. The quantitative estimate of drug-likeness (QED) is 0.452. The van der Waals surface area contributed by atoms with E-state index in [9.17, 15) is 14.4 Å². The van der Waals surface area contributed by atoms with Gasteiger partial charge in [-0.05, 0) is 61.2 Å². The molecule has 0 aliphatic rings. The largest absolute Gasteiger partial charge is 0.497 e. The van der Waals surface area contributed by atoms with E-state index in [0.717, 1.165) is 22.4 Å². The smallest absolute Gasteiger partial charge is 0.340 e. The topological polar surface area (TPSA) is 93.7 Å². The van der Waals surface area contributed by atoms with Crippen LogP contribution in [0.2, 0.25) is 0 Å². The maximum absolute atomic E-state index is 12.6. The maximum atomic E-state index is 12.6. The molecular weight excluding hydrogens is 432 g/mol. The Morgan fingerprint density at radius 2 is 1.47 bits per heavy atom. The predicted octanol–water partition coefficient (Wildman–Crippen LogP) is 4.68. The van der Waals surface area contributed by atoms with E-state index >= 15 is 0 Å². The summed E-state index contributed by atoms with van der Waals surface area (Å²) < 4.78 is 10.3. The summed E-state index contributed by atoms with van der Waals surface area (Å²) in [5.41, 5.74) is 4.05. The van der Waals surface area contributed by atoms with E-state index in [0.29, 0.717) is 17.8 Å². The van der Waals surface area contributed by atoms with Crippen molar-refractivity contribution in [3.8, 4) is 5.75 Å². The summed E-state index contributed by atoms with van der Waals surface area (Å²) in [7, 11) is 1.60. The van der Waals surface area contributed by atoms with Gasteiger partial charge in [0.1, 0.15) is 5.75 Å². The van der Waals surface area contributed by atoms with E-state index in [1.165, 1.54) is 0 Å². The third-order valence-electron chi connectivity index (χ3n) is 5.30. The van der Waals surface area contributed by atoms with Crippen LogP contribution in [0, 0.1) is 13.8 Å². The van der Waals surface area contributed by atoms with Crippen LogP contribution in [0.5, 0.6) is 5.75 Å². The number of amides is 2. The number of carbonyl (C=O) groups is 3. The molecule has 0 aromatic heterocycles. The molecule has 2 amide bonds. The number of esters is 1. The highest BCUT2D eigenvalue weighted by Crippen LogP contribution is 2.20. The van der Waals surface area contributed by atoms with Gasteiger partial charge in [0, 0.05) is 12.1 Å². The van der Waals surface area contributed by atoms with E-state index in [1.54, 1.807) is 31.4 Å². The Kier molecular flexibility index (Phi) is 8.40. The number of hydrogen-bond donors (Lipinski definition) is 2. The van der Waals surface area contributed by atoms with Crippen LogP contribution in [0.15, 0.2) is 66.7 Å². The molecule has 3 aromatic rings. The van der Waals surface area contributed by atoms with Crippen molar-refractivity contribution in [1.29, 1.82) is 0 Å². The molecule has 7 heteroatoms.